The molecule has 0 aliphatic rings. The van der Waals surface area contributed by atoms with Gasteiger partial charge in [-0.15, -0.1) is 0 Å². The molecule has 28 heavy (non-hydrogen) atoms. The van der Waals surface area contributed by atoms with Crippen molar-refractivity contribution in [1.82, 2.24) is 4.57 Å². The number of hydrogen-bond acceptors (Lipinski definition) is 4. The van der Waals surface area contributed by atoms with Crippen LogP contribution in [0.5, 0.6) is 0 Å². The number of rotatable bonds is 5. The number of fused-ring (bicyclic) bond motifs is 1. The summed E-state index contributed by atoms with van der Waals surface area (Å²) in [5, 5.41) is 1.11. The molecular formula is C20H16Cl2N2O3S. The molecular weight excluding hydrogens is 419 g/mol. The van der Waals surface area contributed by atoms with E-state index in [1.165, 1.54) is 17.4 Å². The summed E-state index contributed by atoms with van der Waals surface area (Å²) < 4.78 is 7.50. The molecule has 0 saturated heterocycles. The van der Waals surface area contributed by atoms with Crippen LogP contribution >= 0.6 is 34.5 Å². The Balaban J connectivity index is 1.99. The predicted molar refractivity (Wildman–Crippen MR) is 113 cm³/mol. The molecule has 1 aromatic heterocycles. The van der Waals surface area contributed by atoms with Crippen LogP contribution in [0.25, 0.3) is 16.3 Å². The zero-order valence-electron chi connectivity index (χ0n) is 14.9. The second-order valence-corrected chi connectivity index (χ2v) is 7.55. The van der Waals surface area contributed by atoms with Crippen LogP contribution < -0.4 is 4.80 Å². The lowest BCUT2D eigenvalue weighted by Crippen LogP contribution is -2.22. The third-order valence-corrected chi connectivity index (χ3v) is 5.37. The summed E-state index contributed by atoms with van der Waals surface area (Å²) in [6.45, 7) is 1.97. The van der Waals surface area contributed by atoms with Gasteiger partial charge in [0.25, 0.3) is 5.91 Å². The van der Waals surface area contributed by atoms with Crippen molar-refractivity contribution in [3.8, 4) is 0 Å². The number of esters is 1. The first-order valence-electron chi connectivity index (χ1n) is 8.43. The monoisotopic (exact) mass is 434 g/mol. The van der Waals surface area contributed by atoms with Gasteiger partial charge >= 0.3 is 5.97 Å². The summed E-state index contributed by atoms with van der Waals surface area (Å²) in [6.07, 6.45) is 2.95. The fraction of sp³-hybridized carbons (Fsp3) is 0.150. The Bertz CT molecular complexity index is 1130. The molecule has 0 radical (unpaired) electrons. The molecule has 0 saturated carbocycles. The van der Waals surface area contributed by atoms with E-state index in [2.05, 4.69) is 4.99 Å². The minimum Gasteiger partial charge on any atom is -0.465 e. The van der Waals surface area contributed by atoms with E-state index in [9.17, 15) is 9.59 Å². The quantitative estimate of drug-likeness (QED) is 0.431. The molecule has 2 aromatic carbocycles. The number of carbonyl (C=O) groups excluding carboxylic acids is 2. The Labute approximate surface area is 175 Å². The van der Waals surface area contributed by atoms with Crippen LogP contribution in [0.3, 0.4) is 0 Å². The maximum absolute atomic E-state index is 12.4. The molecule has 5 nitrogen and oxygen atoms in total. The zero-order valence-corrected chi connectivity index (χ0v) is 17.2. The topological polar surface area (TPSA) is 60.7 Å². The summed E-state index contributed by atoms with van der Waals surface area (Å²) >= 11 is 13.4. The highest BCUT2D eigenvalue weighted by molar-refractivity contribution is 7.16. The normalized spacial score (nSPS) is 12.0. The molecule has 0 aliphatic heterocycles. The molecule has 3 rings (SSSR count). The van der Waals surface area contributed by atoms with Crippen LogP contribution in [-0.2, 0) is 20.9 Å². The highest BCUT2D eigenvalue weighted by Gasteiger charge is 2.12. The second-order valence-electron chi connectivity index (χ2n) is 5.69. The number of nitrogens with zero attached hydrogens (tertiary/aromatic N) is 2. The van der Waals surface area contributed by atoms with Crippen LogP contribution in [0.2, 0.25) is 10.0 Å². The first-order chi connectivity index (χ1) is 13.5. The Morgan fingerprint density at radius 3 is 2.75 bits per heavy atom. The minimum absolute atomic E-state index is 0.0458. The Kier molecular flexibility index (Phi) is 6.67. The molecule has 0 atom stereocenters. The first-order valence-corrected chi connectivity index (χ1v) is 10.0. The van der Waals surface area contributed by atoms with Crippen LogP contribution in [0.15, 0.2) is 53.5 Å². The van der Waals surface area contributed by atoms with Gasteiger partial charge in [-0.05, 0) is 42.8 Å². The highest BCUT2D eigenvalue weighted by atomic mass is 35.5. The van der Waals surface area contributed by atoms with Crippen LogP contribution in [0.1, 0.15) is 12.5 Å². The number of amides is 1. The van der Waals surface area contributed by atoms with Crippen molar-refractivity contribution < 1.29 is 14.3 Å². The Hall–Kier alpha value is -2.41. The average Bonchev–Trinajstić information content (AvgIpc) is 2.97. The van der Waals surface area contributed by atoms with Gasteiger partial charge in [0.15, 0.2) is 4.80 Å². The third kappa shape index (κ3) is 4.90. The second kappa shape index (κ2) is 9.19. The smallest absolute Gasteiger partial charge is 0.326 e. The van der Waals surface area contributed by atoms with Crippen molar-refractivity contribution in [3.63, 3.8) is 0 Å². The van der Waals surface area contributed by atoms with Crippen molar-refractivity contribution in [1.29, 1.82) is 0 Å². The molecule has 0 N–H and O–H groups in total. The number of halogens is 2. The van der Waals surface area contributed by atoms with Crippen molar-refractivity contribution >= 4 is 62.7 Å². The first kappa shape index (κ1) is 20.3. The van der Waals surface area contributed by atoms with Crippen LogP contribution in [0.4, 0.5) is 0 Å². The van der Waals surface area contributed by atoms with E-state index in [1.807, 2.05) is 12.1 Å². The van der Waals surface area contributed by atoms with E-state index in [0.29, 0.717) is 14.8 Å². The number of ether oxygens (including phenoxy) is 1. The van der Waals surface area contributed by atoms with Crippen LogP contribution in [0, 0.1) is 0 Å². The van der Waals surface area contributed by atoms with E-state index in [4.69, 9.17) is 27.9 Å². The summed E-state index contributed by atoms with van der Waals surface area (Å²) in [5.41, 5.74) is 1.47. The molecule has 144 valence electrons. The summed E-state index contributed by atoms with van der Waals surface area (Å²) in [5.74, 6) is -0.868. The maximum Gasteiger partial charge on any atom is 0.326 e. The largest absolute Gasteiger partial charge is 0.465 e. The molecule has 1 amide bonds. The molecule has 0 fully saturated rings. The molecule has 3 aromatic rings. The molecule has 0 bridgehead atoms. The van der Waals surface area contributed by atoms with Gasteiger partial charge in [0.2, 0.25) is 0 Å². The average molecular weight is 435 g/mol. The predicted octanol–water partition coefficient (Wildman–Crippen LogP) is 4.71. The molecule has 0 aliphatic carbocycles. The van der Waals surface area contributed by atoms with Crippen molar-refractivity contribution in [3.05, 3.63) is 69.0 Å². The third-order valence-electron chi connectivity index (χ3n) is 3.75. The number of aromatic nitrogens is 1. The van der Waals surface area contributed by atoms with Gasteiger partial charge in [0, 0.05) is 16.1 Å². The lowest BCUT2D eigenvalue weighted by molar-refractivity contribution is -0.143. The van der Waals surface area contributed by atoms with Crippen molar-refractivity contribution in [2.24, 2.45) is 4.99 Å². The van der Waals surface area contributed by atoms with Gasteiger partial charge in [-0.3, -0.25) is 9.59 Å². The van der Waals surface area contributed by atoms with Gasteiger partial charge in [-0.2, -0.15) is 4.99 Å². The van der Waals surface area contributed by atoms with Crippen LogP contribution in [-0.4, -0.2) is 23.1 Å². The number of benzene rings is 2. The number of thiazole rings is 1. The fourth-order valence-electron chi connectivity index (χ4n) is 2.52. The van der Waals surface area contributed by atoms with E-state index in [-0.39, 0.29) is 13.2 Å². The molecule has 0 spiro atoms. The fourth-order valence-corrected chi connectivity index (χ4v) is 4.03. The highest BCUT2D eigenvalue weighted by Crippen LogP contribution is 2.22. The lowest BCUT2D eigenvalue weighted by Gasteiger charge is -2.04. The van der Waals surface area contributed by atoms with Gasteiger partial charge in [0.05, 0.1) is 16.8 Å². The number of hydrogen-bond donors (Lipinski definition) is 0. The molecule has 1 heterocycles. The lowest BCUT2D eigenvalue weighted by atomic mass is 10.2. The standard InChI is InChI=1S/C20H16Cl2N2O3S/c1-2-27-19(26)12-24-16-9-8-14(21)11-17(16)28-20(24)23-18(25)10-7-13-5-3-4-6-15(13)22/h3-11H,2,12H2,1H3/b10-7+,23-20?. The summed E-state index contributed by atoms with van der Waals surface area (Å²) in [7, 11) is 0. The SMILES string of the molecule is CCOC(=O)Cn1c(=NC(=O)/C=C/c2ccccc2Cl)sc2cc(Cl)ccc21. The van der Waals surface area contributed by atoms with Gasteiger partial charge in [-0.25, -0.2) is 0 Å². The zero-order chi connectivity index (χ0) is 20.1. The van der Waals surface area contributed by atoms with E-state index in [1.54, 1.807) is 47.9 Å². The number of carbonyl (C=O) groups is 2. The minimum atomic E-state index is -0.463. The summed E-state index contributed by atoms with van der Waals surface area (Å²) in [6, 6.07) is 12.5. The Morgan fingerprint density at radius 1 is 1.21 bits per heavy atom. The van der Waals surface area contributed by atoms with E-state index < -0.39 is 11.9 Å². The van der Waals surface area contributed by atoms with E-state index in [0.717, 1.165) is 15.8 Å². The molecule has 0 unspecified atom stereocenters. The van der Waals surface area contributed by atoms with Crippen molar-refractivity contribution in [2.75, 3.05) is 6.61 Å². The Morgan fingerprint density at radius 2 is 2.00 bits per heavy atom. The van der Waals surface area contributed by atoms with Crippen molar-refractivity contribution in [2.45, 2.75) is 13.5 Å². The van der Waals surface area contributed by atoms with Gasteiger partial charge in [-0.1, -0.05) is 52.7 Å². The van der Waals surface area contributed by atoms with E-state index >= 15 is 0 Å². The maximum atomic E-state index is 12.4. The van der Waals surface area contributed by atoms with Gasteiger partial charge < -0.3 is 9.30 Å². The molecule has 8 heteroatoms. The summed E-state index contributed by atoms with van der Waals surface area (Å²) in [4.78, 5) is 28.9. The van der Waals surface area contributed by atoms with Gasteiger partial charge in [0.1, 0.15) is 6.54 Å².